The SMILES string of the molecule is NC(=O)CC(C(=O)O)N1C(=O)C(=Cc2ccccc2)SC1=S. The topological polar surface area (TPSA) is 101 Å². The van der Waals surface area contributed by atoms with E-state index in [0.717, 1.165) is 22.2 Å². The molecule has 1 fully saturated rings. The average Bonchev–Trinajstić information content (AvgIpc) is 2.72. The Morgan fingerprint density at radius 1 is 1.36 bits per heavy atom. The molecule has 114 valence electrons. The summed E-state index contributed by atoms with van der Waals surface area (Å²) in [5.41, 5.74) is 5.84. The molecule has 6 nitrogen and oxygen atoms in total. The van der Waals surface area contributed by atoms with E-state index >= 15 is 0 Å². The number of hydrogen-bond donors (Lipinski definition) is 2. The molecule has 1 heterocycles. The first kappa shape index (κ1) is 16.2. The number of hydrogen-bond acceptors (Lipinski definition) is 5. The molecule has 1 atom stereocenters. The van der Waals surface area contributed by atoms with Crippen LogP contribution in [0.25, 0.3) is 6.08 Å². The fourth-order valence-corrected chi connectivity index (χ4v) is 3.29. The highest BCUT2D eigenvalue weighted by molar-refractivity contribution is 8.26. The number of carboxylic acid groups (broad SMARTS) is 1. The van der Waals surface area contributed by atoms with Gasteiger partial charge in [-0.1, -0.05) is 54.3 Å². The van der Waals surface area contributed by atoms with Crippen molar-refractivity contribution in [3.05, 3.63) is 40.8 Å². The minimum Gasteiger partial charge on any atom is -0.480 e. The predicted octanol–water partition coefficient (Wildman–Crippen LogP) is 1.22. The molecule has 3 N–H and O–H groups in total. The molecule has 2 amide bonds. The van der Waals surface area contributed by atoms with Crippen LogP contribution in [-0.2, 0) is 14.4 Å². The summed E-state index contributed by atoms with van der Waals surface area (Å²) in [5, 5.41) is 9.20. The van der Waals surface area contributed by atoms with Crippen LogP contribution in [0.3, 0.4) is 0 Å². The molecule has 2 rings (SSSR count). The van der Waals surface area contributed by atoms with Crippen LogP contribution in [0.4, 0.5) is 0 Å². The van der Waals surface area contributed by atoms with Gasteiger partial charge in [-0.15, -0.1) is 0 Å². The Labute approximate surface area is 136 Å². The molecule has 8 heteroatoms. The van der Waals surface area contributed by atoms with Crippen molar-refractivity contribution in [3.63, 3.8) is 0 Å². The first-order valence-corrected chi connectivity index (χ1v) is 7.46. The Morgan fingerprint density at radius 3 is 2.55 bits per heavy atom. The van der Waals surface area contributed by atoms with Gasteiger partial charge in [-0.2, -0.15) is 0 Å². The van der Waals surface area contributed by atoms with Crippen LogP contribution in [0.15, 0.2) is 35.2 Å². The molecule has 0 radical (unpaired) electrons. The average molecular weight is 336 g/mol. The number of carboxylic acids is 1. The lowest BCUT2D eigenvalue weighted by Gasteiger charge is -2.21. The Bertz CT molecular complexity index is 673. The van der Waals surface area contributed by atoms with Crippen molar-refractivity contribution in [2.75, 3.05) is 0 Å². The molecule has 0 aliphatic carbocycles. The van der Waals surface area contributed by atoms with E-state index in [-0.39, 0.29) is 4.32 Å². The van der Waals surface area contributed by atoms with Crippen molar-refractivity contribution in [2.24, 2.45) is 5.73 Å². The van der Waals surface area contributed by atoms with Gasteiger partial charge in [0.2, 0.25) is 5.91 Å². The van der Waals surface area contributed by atoms with Gasteiger partial charge in [-0.3, -0.25) is 14.5 Å². The third kappa shape index (κ3) is 3.52. The molecular weight excluding hydrogens is 324 g/mol. The summed E-state index contributed by atoms with van der Waals surface area (Å²) in [7, 11) is 0. The molecule has 1 unspecified atom stereocenters. The highest BCUT2D eigenvalue weighted by Gasteiger charge is 2.41. The maximum absolute atomic E-state index is 12.4. The third-order valence-corrected chi connectivity index (χ3v) is 4.24. The van der Waals surface area contributed by atoms with Gasteiger partial charge in [0, 0.05) is 0 Å². The second-order valence-electron chi connectivity index (χ2n) is 4.49. The molecule has 1 aromatic rings. The van der Waals surface area contributed by atoms with Crippen molar-refractivity contribution in [1.29, 1.82) is 0 Å². The summed E-state index contributed by atoms with van der Waals surface area (Å²) >= 11 is 6.07. The lowest BCUT2D eigenvalue weighted by molar-refractivity contribution is -0.146. The minimum atomic E-state index is -1.38. The number of benzene rings is 1. The monoisotopic (exact) mass is 336 g/mol. The summed E-state index contributed by atoms with van der Waals surface area (Å²) < 4.78 is 0.0980. The Kier molecular flexibility index (Phi) is 4.94. The lowest BCUT2D eigenvalue weighted by atomic mass is 10.1. The number of primary amides is 1. The highest BCUT2D eigenvalue weighted by atomic mass is 32.2. The van der Waals surface area contributed by atoms with Gasteiger partial charge >= 0.3 is 5.97 Å². The van der Waals surface area contributed by atoms with E-state index < -0.39 is 30.2 Å². The minimum absolute atomic E-state index is 0.0980. The number of thiocarbonyl (C=S) groups is 1. The second kappa shape index (κ2) is 6.71. The summed E-state index contributed by atoms with van der Waals surface area (Å²) in [6.45, 7) is 0. The number of aliphatic carboxylic acids is 1. The van der Waals surface area contributed by atoms with E-state index in [2.05, 4.69) is 0 Å². The van der Waals surface area contributed by atoms with Crippen LogP contribution in [0.1, 0.15) is 12.0 Å². The molecule has 22 heavy (non-hydrogen) atoms. The molecular formula is C14H12N2O4S2. The van der Waals surface area contributed by atoms with Crippen LogP contribution in [0.5, 0.6) is 0 Å². The van der Waals surface area contributed by atoms with E-state index in [1.54, 1.807) is 6.08 Å². The van der Waals surface area contributed by atoms with E-state index in [1.807, 2.05) is 30.3 Å². The quantitative estimate of drug-likeness (QED) is 0.619. The molecule has 0 saturated carbocycles. The Balaban J connectivity index is 2.30. The van der Waals surface area contributed by atoms with Gasteiger partial charge in [0.1, 0.15) is 10.4 Å². The van der Waals surface area contributed by atoms with Gasteiger partial charge < -0.3 is 10.8 Å². The number of amides is 2. The fraction of sp³-hybridized carbons (Fsp3) is 0.143. The molecule has 1 aliphatic rings. The number of carbonyl (C=O) groups is 3. The van der Waals surface area contributed by atoms with Crippen molar-refractivity contribution in [2.45, 2.75) is 12.5 Å². The van der Waals surface area contributed by atoms with Crippen LogP contribution in [-0.4, -0.2) is 38.2 Å². The van der Waals surface area contributed by atoms with Crippen LogP contribution in [0.2, 0.25) is 0 Å². The van der Waals surface area contributed by atoms with Crippen molar-refractivity contribution < 1.29 is 19.5 Å². The number of nitrogens with zero attached hydrogens (tertiary/aromatic N) is 1. The normalized spacial score (nSPS) is 17.8. The molecule has 0 aromatic heterocycles. The standard InChI is InChI=1S/C14H12N2O4S2/c15-11(17)7-9(13(19)20)16-12(18)10(22-14(16)21)6-8-4-2-1-3-5-8/h1-6,9H,7H2,(H2,15,17)(H,19,20). The molecule has 0 spiro atoms. The first-order chi connectivity index (χ1) is 10.4. The summed E-state index contributed by atoms with van der Waals surface area (Å²) in [6, 6.07) is 7.72. The lowest BCUT2D eigenvalue weighted by Crippen LogP contribution is -2.46. The highest BCUT2D eigenvalue weighted by Crippen LogP contribution is 2.34. The zero-order valence-electron chi connectivity index (χ0n) is 11.3. The van der Waals surface area contributed by atoms with Crippen LogP contribution < -0.4 is 5.73 Å². The predicted molar refractivity (Wildman–Crippen MR) is 86.7 cm³/mol. The van der Waals surface area contributed by atoms with E-state index in [0.29, 0.717) is 4.91 Å². The smallest absolute Gasteiger partial charge is 0.327 e. The van der Waals surface area contributed by atoms with Gasteiger partial charge in [-0.05, 0) is 11.6 Å². The zero-order valence-corrected chi connectivity index (χ0v) is 12.9. The maximum atomic E-state index is 12.4. The van der Waals surface area contributed by atoms with Gasteiger partial charge in [-0.25, -0.2) is 4.79 Å². The maximum Gasteiger partial charge on any atom is 0.327 e. The fourth-order valence-electron chi connectivity index (χ4n) is 1.93. The number of thioether (sulfide) groups is 1. The van der Waals surface area contributed by atoms with Gasteiger partial charge in [0.05, 0.1) is 11.3 Å². The van der Waals surface area contributed by atoms with Crippen molar-refractivity contribution in [1.82, 2.24) is 4.90 Å². The first-order valence-electron chi connectivity index (χ1n) is 6.23. The van der Waals surface area contributed by atoms with Crippen LogP contribution in [0, 0.1) is 0 Å². The largest absolute Gasteiger partial charge is 0.480 e. The van der Waals surface area contributed by atoms with Gasteiger partial charge in [0.15, 0.2) is 0 Å². The number of rotatable bonds is 5. The van der Waals surface area contributed by atoms with Crippen molar-refractivity contribution >= 4 is 52.2 Å². The Morgan fingerprint density at radius 2 is 2.00 bits per heavy atom. The third-order valence-electron chi connectivity index (χ3n) is 2.91. The second-order valence-corrected chi connectivity index (χ2v) is 6.16. The summed E-state index contributed by atoms with van der Waals surface area (Å²) in [4.78, 5) is 35.9. The van der Waals surface area contributed by atoms with Crippen molar-refractivity contribution in [3.8, 4) is 0 Å². The number of nitrogens with two attached hydrogens (primary N) is 1. The van der Waals surface area contributed by atoms with Crippen LogP contribution >= 0.6 is 24.0 Å². The van der Waals surface area contributed by atoms with E-state index in [9.17, 15) is 19.5 Å². The summed E-state index contributed by atoms with van der Waals surface area (Å²) in [6.07, 6.45) is 1.14. The molecule has 1 aliphatic heterocycles. The molecule has 1 saturated heterocycles. The number of carbonyl (C=O) groups excluding carboxylic acids is 2. The molecule has 1 aromatic carbocycles. The van der Waals surface area contributed by atoms with Gasteiger partial charge in [0.25, 0.3) is 5.91 Å². The Hall–Kier alpha value is -2.19. The van der Waals surface area contributed by atoms with E-state index in [4.69, 9.17) is 18.0 Å². The molecule has 0 bridgehead atoms. The van der Waals surface area contributed by atoms with E-state index in [1.165, 1.54) is 0 Å². The summed E-state index contributed by atoms with van der Waals surface area (Å²) in [5.74, 6) is -2.67. The zero-order chi connectivity index (χ0) is 16.3.